The fourth-order valence-electron chi connectivity index (χ4n) is 3.53. The van der Waals surface area contributed by atoms with Crippen molar-refractivity contribution in [1.82, 2.24) is 0 Å². The van der Waals surface area contributed by atoms with Gasteiger partial charge in [0.2, 0.25) is 0 Å². The van der Waals surface area contributed by atoms with Crippen LogP contribution in [0, 0.1) is 11.8 Å². The van der Waals surface area contributed by atoms with Crippen LogP contribution in [0.3, 0.4) is 0 Å². The number of carbonyl (C=O) groups excluding carboxylic acids is 2. The van der Waals surface area contributed by atoms with E-state index in [2.05, 4.69) is 11.8 Å². The molecule has 0 N–H and O–H groups in total. The van der Waals surface area contributed by atoms with Crippen molar-refractivity contribution in [1.29, 1.82) is 0 Å². The van der Waals surface area contributed by atoms with Crippen molar-refractivity contribution in [3.8, 4) is 34.1 Å². The highest BCUT2D eigenvalue weighted by Gasteiger charge is 2.21. The zero-order valence-electron chi connectivity index (χ0n) is 16.6. The van der Waals surface area contributed by atoms with Gasteiger partial charge in [-0.1, -0.05) is 72.5 Å². The maximum atomic E-state index is 12.2. The fraction of sp³-hybridized carbons (Fsp3) is 0.0769. The van der Waals surface area contributed by atoms with Gasteiger partial charge in [0.15, 0.2) is 0 Å². The lowest BCUT2D eigenvalue weighted by molar-refractivity contribution is 0.0593. The van der Waals surface area contributed by atoms with Gasteiger partial charge in [0, 0.05) is 11.1 Å². The molecular weight excluding hydrogens is 376 g/mol. The summed E-state index contributed by atoms with van der Waals surface area (Å²) < 4.78 is 9.85. The molecule has 0 aromatic rings. The molecule has 146 valence electrons. The van der Waals surface area contributed by atoms with Crippen LogP contribution in [0.2, 0.25) is 0 Å². The molecular formula is C26H18O4. The van der Waals surface area contributed by atoms with E-state index in [1.807, 2.05) is 60.7 Å². The van der Waals surface area contributed by atoms with E-state index in [0.717, 1.165) is 33.4 Å². The molecule has 0 saturated carbocycles. The van der Waals surface area contributed by atoms with Crippen LogP contribution in [0.15, 0.2) is 72.8 Å². The smallest absolute Gasteiger partial charge is 0.338 e. The molecule has 0 atom stereocenters. The van der Waals surface area contributed by atoms with Crippen LogP contribution < -0.4 is 0 Å². The number of ether oxygens (including phenoxy) is 2. The fourth-order valence-corrected chi connectivity index (χ4v) is 3.53. The van der Waals surface area contributed by atoms with E-state index in [4.69, 9.17) is 9.47 Å². The van der Waals surface area contributed by atoms with Gasteiger partial charge in [-0.3, -0.25) is 0 Å². The first-order valence-electron chi connectivity index (χ1n) is 9.36. The van der Waals surface area contributed by atoms with Crippen molar-refractivity contribution >= 4 is 11.9 Å². The van der Waals surface area contributed by atoms with Gasteiger partial charge in [-0.05, 0) is 34.4 Å². The Hall–Kier alpha value is -4.10. The molecule has 0 saturated heterocycles. The van der Waals surface area contributed by atoms with E-state index >= 15 is 0 Å². The molecule has 0 unspecified atom stereocenters. The Morgan fingerprint density at radius 1 is 0.600 bits per heavy atom. The molecule has 4 rings (SSSR count). The predicted molar refractivity (Wildman–Crippen MR) is 115 cm³/mol. The molecule has 0 aromatic heterocycles. The molecule has 4 nitrogen and oxygen atoms in total. The number of fused-ring (bicyclic) bond motifs is 2. The molecule has 4 heteroatoms. The Morgan fingerprint density at radius 3 is 1.33 bits per heavy atom. The summed E-state index contributed by atoms with van der Waals surface area (Å²) in [7, 11) is 2.72. The molecule has 0 fully saturated rings. The van der Waals surface area contributed by atoms with Gasteiger partial charge in [0.25, 0.3) is 0 Å². The van der Waals surface area contributed by atoms with E-state index in [-0.39, 0.29) is 0 Å². The normalized spacial score (nSPS) is 10.3. The Bertz CT molecular complexity index is 1160. The first-order valence-corrected chi connectivity index (χ1v) is 9.36. The van der Waals surface area contributed by atoms with Gasteiger partial charge in [-0.2, -0.15) is 0 Å². The van der Waals surface area contributed by atoms with Crippen LogP contribution in [0.4, 0.5) is 0 Å². The third-order valence-corrected chi connectivity index (χ3v) is 4.96. The second-order valence-electron chi connectivity index (χ2n) is 6.65. The molecule has 4 aliphatic carbocycles. The summed E-state index contributed by atoms with van der Waals surface area (Å²) in [6.45, 7) is 0. The van der Waals surface area contributed by atoms with Gasteiger partial charge in [0.05, 0.1) is 25.3 Å². The molecule has 0 spiro atoms. The largest absolute Gasteiger partial charge is 0.465 e. The topological polar surface area (TPSA) is 52.6 Å². The highest BCUT2D eigenvalue weighted by Crippen LogP contribution is 2.34. The molecule has 0 radical (unpaired) electrons. The first-order chi connectivity index (χ1) is 14.6. The summed E-state index contributed by atoms with van der Waals surface area (Å²) in [6, 6.07) is 22.4. The second-order valence-corrected chi connectivity index (χ2v) is 6.65. The molecule has 30 heavy (non-hydrogen) atoms. The van der Waals surface area contributed by atoms with Crippen LogP contribution in [0.1, 0.15) is 31.8 Å². The van der Waals surface area contributed by atoms with E-state index in [0.29, 0.717) is 11.1 Å². The lowest BCUT2D eigenvalue weighted by atomic mass is 10.1. The third-order valence-electron chi connectivity index (χ3n) is 4.96. The monoisotopic (exact) mass is 394 g/mol. The van der Waals surface area contributed by atoms with Gasteiger partial charge in [-0.15, -0.1) is 0 Å². The highest BCUT2D eigenvalue weighted by atomic mass is 16.5. The Balaban J connectivity index is 1.87. The molecule has 0 aliphatic heterocycles. The van der Waals surface area contributed by atoms with Crippen LogP contribution in [-0.4, -0.2) is 26.2 Å². The van der Waals surface area contributed by atoms with Crippen molar-refractivity contribution < 1.29 is 19.1 Å². The van der Waals surface area contributed by atoms with Gasteiger partial charge < -0.3 is 9.47 Å². The van der Waals surface area contributed by atoms with Crippen LogP contribution >= 0.6 is 0 Å². The number of hydrogen-bond donors (Lipinski definition) is 0. The summed E-state index contributed by atoms with van der Waals surface area (Å²) >= 11 is 0. The first kappa shape index (κ1) is 19.2. The second kappa shape index (κ2) is 8.10. The number of rotatable bonds is 2. The van der Waals surface area contributed by atoms with Crippen LogP contribution in [-0.2, 0) is 9.47 Å². The lowest BCUT2D eigenvalue weighted by Gasteiger charge is -1.99. The van der Waals surface area contributed by atoms with Crippen molar-refractivity contribution in [2.75, 3.05) is 14.2 Å². The lowest BCUT2D eigenvalue weighted by Crippen LogP contribution is -1.99. The van der Waals surface area contributed by atoms with Crippen molar-refractivity contribution in [3.05, 3.63) is 95.1 Å². The van der Waals surface area contributed by atoms with Crippen LogP contribution in [0.5, 0.6) is 0 Å². The molecule has 0 aromatic carbocycles. The van der Waals surface area contributed by atoms with Gasteiger partial charge in [-0.25, -0.2) is 9.59 Å². The minimum absolute atomic E-state index is 0.405. The van der Waals surface area contributed by atoms with Crippen molar-refractivity contribution in [2.45, 2.75) is 0 Å². The standard InChI is InChI=1S/C26H18O4/c1-29-25(27)23-15-17(19-9-5-3-7-11-21(19)23)13-14-18-16-24(26(28)30-2)22-12-8-4-6-10-20(18)22/h3-12,15-16H,1-2H3. The average molecular weight is 394 g/mol. The van der Waals surface area contributed by atoms with E-state index < -0.39 is 11.9 Å². The van der Waals surface area contributed by atoms with Gasteiger partial charge >= 0.3 is 11.9 Å². The van der Waals surface area contributed by atoms with E-state index in [1.54, 1.807) is 12.1 Å². The van der Waals surface area contributed by atoms with Crippen molar-refractivity contribution in [2.24, 2.45) is 0 Å². The Labute approximate surface area is 174 Å². The SMILES string of the molecule is COC(=O)c1cc(C#Cc2cc(C(=O)OC)c3cccccc2-3)c2cccccc1-2. The van der Waals surface area contributed by atoms with Gasteiger partial charge in [0.1, 0.15) is 0 Å². The number of hydrogen-bond acceptors (Lipinski definition) is 4. The quantitative estimate of drug-likeness (QED) is 0.360. The van der Waals surface area contributed by atoms with Crippen LogP contribution in [0.25, 0.3) is 22.3 Å². The minimum atomic E-state index is -0.405. The maximum Gasteiger partial charge on any atom is 0.338 e. The zero-order chi connectivity index (χ0) is 21.1. The predicted octanol–water partition coefficient (Wildman–Crippen LogP) is 4.87. The zero-order valence-corrected chi connectivity index (χ0v) is 16.6. The Morgan fingerprint density at radius 2 is 0.967 bits per heavy atom. The average Bonchev–Trinajstić information content (AvgIpc) is 3.04. The number of esters is 2. The molecule has 0 bridgehead atoms. The summed E-state index contributed by atoms with van der Waals surface area (Å²) in [6.07, 6.45) is 0. The third kappa shape index (κ3) is 3.38. The molecule has 0 heterocycles. The van der Waals surface area contributed by atoms with E-state index in [1.165, 1.54) is 14.2 Å². The summed E-state index contributed by atoms with van der Waals surface area (Å²) in [5, 5.41) is 0. The maximum absolute atomic E-state index is 12.2. The number of carbonyl (C=O) groups is 2. The minimum Gasteiger partial charge on any atom is -0.465 e. The summed E-state index contributed by atoms with van der Waals surface area (Å²) in [5.74, 6) is 5.55. The van der Waals surface area contributed by atoms with Crippen molar-refractivity contribution in [3.63, 3.8) is 0 Å². The highest BCUT2D eigenvalue weighted by molar-refractivity contribution is 6.02. The number of methoxy groups -OCH3 is 2. The Kier molecular flexibility index (Phi) is 5.19. The summed E-state index contributed by atoms with van der Waals surface area (Å²) in [5.41, 5.74) is 5.68. The molecule has 0 amide bonds. The van der Waals surface area contributed by atoms with E-state index in [9.17, 15) is 9.59 Å². The molecule has 4 aliphatic rings. The summed E-state index contributed by atoms with van der Waals surface area (Å²) in [4.78, 5) is 24.4.